The van der Waals surface area contributed by atoms with E-state index in [4.69, 9.17) is 0 Å². The first kappa shape index (κ1) is 50.9. The molecule has 0 spiro atoms. The molecule has 0 aliphatic rings. The zero-order valence-corrected chi connectivity index (χ0v) is 16.8. The van der Waals surface area contributed by atoms with Crippen molar-refractivity contribution in [3.05, 3.63) is 0 Å². The van der Waals surface area contributed by atoms with Crippen LogP contribution < -0.4 is 0 Å². The van der Waals surface area contributed by atoms with Gasteiger partial charge in [0.2, 0.25) is 0 Å². The molecule has 0 saturated heterocycles. The molecule has 130 valence electrons. The zero-order chi connectivity index (χ0) is 16.8. The Morgan fingerprint density at radius 3 is 0.526 bits per heavy atom. The largest absolute Gasteiger partial charge is 0.0776 e. The molecular weight excluding hydrogens is 228 g/mol. The Balaban J connectivity index is -0.0000000129. The molecule has 0 bridgehead atoms. The van der Waals surface area contributed by atoms with E-state index in [2.05, 4.69) is 27.7 Å². The van der Waals surface area contributed by atoms with E-state index in [0.29, 0.717) is 0 Å². The lowest BCUT2D eigenvalue weighted by molar-refractivity contribution is 0.772. The molecule has 0 N–H and O–H groups in total. The summed E-state index contributed by atoms with van der Waals surface area (Å²) >= 11 is 0. The van der Waals surface area contributed by atoms with Crippen molar-refractivity contribution < 1.29 is 0 Å². The summed E-state index contributed by atoms with van der Waals surface area (Å²) < 4.78 is 0. The van der Waals surface area contributed by atoms with Crippen LogP contribution in [0.15, 0.2) is 0 Å². The zero-order valence-electron chi connectivity index (χ0n) is 16.8. The summed E-state index contributed by atoms with van der Waals surface area (Å²) in [7, 11) is 0. The van der Waals surface area contributed by atoms with Gasteiger partial charge in [0.05, 0.1) is 0 Å². The average Bonchev–Trinajstić information content (AvgIpc) is 2.51. The van der Waals surface area contributed by atoms with Gasteiger partial charge in [-0.3, -0.25) is 0 Å². The molecule has 0 nitrogen and oxygen atoms in total. The summed E-state index contributed by atoms with van der Waals surface area (Å²) in [6.45, 7) is 28.7. The standard InChI is InChI=1S/C5H12.C3H8.5C2H6.CH4/c1-3-5-4-2;1-3-2;5*1-2;/h3-5H2,1-2H3;3H2,1-2H3;5*1-2H3;1H4. The van der Waals surface area contributed by atoms with Gasteiger partial charge in [0.25, 0.3) is 0 Å². The third-order valence-electron chi connectivity index (χ3n) is 0.707. The van der Waals surface area contributed by atoms with E-state index in [1.54, 1.807) is 0 Å². The van der Waals surface area contributed by atoms with Gasteiger partial charge in [-0.25, -0.2) is 0 Å². The molecule has 0 fully saturated rings. The van der Waals surface area contributed by atoms with Crippen molar-refractivity contribution in [3.63, 3.8) is 0 Å². The highest BCUT2D eigenvalue weighted by molar-refractivity contribution is 4.24. The van der Waals surface area contributed by atoms with Gasteiger partial charge in [-0.1, -0.05) is 130 Å². The molecule has 0 aromatic heterocycles. The van der Waals surface area contributed by atoms with Crippen molar-refractivity contribution in [2.24, 2.45) is 0 Å². The first-order chi connectivity index (χ1) is 8.83. The van der Waals surface area contributed by atoms with Crippen LogP contribution >= 0.6 is 0 Å². The molecule has 0 heteroatoms. The lowest BCUT2D eigenvalue weighted by Crippen LogP contribution is -1.59. The maximum atomic E-state index is 2.21. The number of hydrogen-bond donors (Lipinski definition) is 0. The Morgan fingerprint density at radius 1 is 0.421 bits per heavy atom. The first-order valence-corrected chi connectivity index (χ1v) is 8.83. The SMILES string of the molecule is C.CC.CC.CC.CC.CC.CCC.CCCCC. The highest BCUT2D eigenvalue weighted by atomic mass is 13.7. The third kappa shape index (κ3) is 1150. The van der Waals surface area contributed by atoms with Crippen LogP contribution in [0.1, 0.15) is 130 Å². The van der Waals surface area contributed by atoms with Gasteiger partial charge in [0, 0.05) is 0 Å². The maximum Gasteiger partial charge on any atom is -0.0538 e. The fourth-order valence-corrected chi connectivity index (χ4v) is 0.354. The molecule has 0 aliphatic heterocycles. The van der Waals surface area contributed by atoms with E-state index in [0.717, 1.165) is 0 Å². The van der Waals surface area contributed by atoms with Gasteiger partial charge in [-0.05, 0) is 0 Å². The van der Waals surface area contributed by atoms with Crippen LogP contribution in [0.5, 0.6) is 0 Å². The van der Waals surface area contributed by atoms with Crippen LogP contribution in [0.25, 0.3) is 0 Å². The lowest BCUT2D eigenvalue weighted by atomic mass is 10.3. The summed E-state index contributed by atoms with van der Waals surface area (Å²) in [5, 5.41) is 0. The summed E-state index contributed by atoms with van der Waals surface area (Å²) in [4.78, 5) is 0. The van der Waals surface area contributed by atoms with Gasteiger partial charge in [-0.15, -0.1) is 0 Å². The minimum atomic E-state index is 0. The molecule has 0 radical (unpaired) electrons. The topological polar surface area (TPSA) is 0 Å². The van der Waals surface area contributed by atoms with Crippen LogP contribution in [0, 0.1) is 0 Å². The smallest absolute Gasteiger partial charge is 0.0538 e. The maximum absolute atomic E-state index is 2.21. The number of hydrogen-bond acceptors (Lipinski definition) is 0. The molecule has 0 aliphatic carbocycles. The molecule has 0 rings (SSSR count). The highest BCUT2D eigenvalue weighted by Crippen LogP contribution is 1.88. The van der Waals surface area contributed by atoms with Crippen molar-refractivity contribution in [2.75, 3.05) is 0 Å². The Kier molecular flexibility index (Phi) is 871. The quantitative estimate of drug-likeness (QED) is 0.473. The van der Waals surface area contributed by atoms with E-state index >= 15 is 0 Å². The van der Waals surface area contributed by atoms with Crippen LogP contribution in [0.2, 0.25) is 0 Å². The van der Waals surface area contributed by atoms with E-state index in [1.807, 2.05) is 69.2 Å². The van der Waals surface area contributed by atoms with Gasteiger partial charge >= 0.3 is 0 Å². The predicted molar refractivity (Wildman–Crippen MR) is 105 cm³/mol. The highest BCUT2D eigenvalue weighted by Gasteiger charge is 1.68. The Bertz CT molecular complexity index is 14.0. The van der Waals surface area contributed by atoms with E-state index < -0.39 is 0 Å². The Hall–Kier alpha value is 0. The van der Waals surface area contributed by atoms with E-state index in [-0.39, 0.29) is 7.43 Å². The summed E-state index contributed by atoms with van der Waals surface area (Å²) in [6.07, 6.45) is 5.33. The summed E-state index contributed by atoms with van der Waals surface area (Å²) in [6, 6.07) is 0. The number of rotatable bonds is 2. The fraction of sp³-hybridized carbons (Fsp3) is 1.00. The van der Waals surface area contributed by atoms with Gasteiger partial charge in [0.1, 0.15) is 0 Å². The lowest BCUT2D eigenvalue weighted by Gasteiger charge is -1.79. The number of unbranched alkanes of at least 4 members (excludes halogenated alkanes) is 2. The first-order valence-electron chi connectivity index (χ1n) is 8.83. The third-order valence-corrected chi connectivity index (χ3v) is 0.707. The molecule has 0 aromatic carbocycles. The second-order valence-corrected chi connectivity index (χ2v) is 2.06. The monoisotopic (exact) mass is 282 g/mol. The minimum absolute atomic E-state index is 0. The molecule has 19 heavy (non-hydrogen) atoms. The molecule has 0 aromatic rings. The van der Waals surface area contributed by atoms with E-state index in [1.165, 1.54) is 25.7 Å². The minimum Gasteiger partial charge on any atom is -0.0776 e. The molecule has 0 amide bonds. The fourth-order valence-electron chi connectivity index (χ4n) is 0.354. The Morgan fingerprint density at radius 2 is 0.526 bits per heavy atom. The summed E-state index contributed by atoms with van der Waals surface area (Å²) in [5.74, 6) is 0. The van der Waals surface area contributed by atoms with E-state index in [9.17, 15) is 0 Å². The molecule has 0 saturated carbocycles. The van der Waals surface area contributed by atoms with Crippen LogP contribution in [-0.4, -0.2) is 0 Å². The second kappa shape index (κ2) is 325. The molecular formula is C19H54. The van der Waals surface area contributed by atoms with Gasteiger partial charge in [0.15, 0.2) is 0 Å². The van der Waals surface area contributed by atoms with Gasteiger partial charge < -0.3 is 0 Å². The van der Waals surface area contributed by atoms with Crippen molar-refractivity contribution in [1.82, 2.24) is 0 Å². The van der Waals surface area contributed by atoms with Crippen molar-refractivity contribution in [1.29, 1.82) is 0 Å². The van der Waals surface area contributed by atoms with Crippen LogP contribution in [0.3, 0.4) is 0 Å². The van der Waals surface area contributed by atoms with Crippen molar-refractivity contribution >= 4 is 0 Å². The van der Waals surface area contributed by atoms with Crippen molar-refractivity contribution in [2.45, 2.75) is 130 Å². The van der Waals surface area contributed by atoms with Crippen LogP contribution in [-0.2, 0) is 0 Å². The van der Waals surface area contributed by atoms with Crippen molar-refractivity contribution in [3.8, 4) is 0 Å². The molecule has 0 unspecified atom stereocenters. The molecule has 0 heterocycles. The Labute approximate surface area is 130 Å². The average molecular weight is 283 g/mol. The van der Waals surface area contributed by atoms with Gasteiger partial charge in [-0.2, -0.15) is 0 Å². The predicted octanol–water partition coefficient (Wildman–Crippen LogP) is 9.38. The van der Waals surface area contributed by atoms with Crippen LogP contribution in [0.4, 0.5) is 0 Å². The second-order valence-electron chi connectivity index (χ2n) is 2.06. The molecule has 0 atom stereocenters. The normalized spacial score (nSPS) is 4.74. The summed E-state index contributed by atoms with van der Waals surface area (Å²) in [5.41, 5.74) is 0.